The summed E-state index contributed by atoms with van der Waals surface area (Å²) in [5.74, 6) is -1.61. The first kappa shape index (κ1) is 25.2. The lowest BCUT2D eigenvalue weighted by molar-refractivity contribution is -0.134. The summed E-state index contributed by atoms with van der Waals surface area (Å²) in [6.07, 6.45) is 4.52. The van der Waals surface area contributed by atoms with Crippen LogP contribution in [0, 0.1) is 12.8 Å². The molecular formula is C27H32N2O5. The Labute approximate surface area is 200 Å². The van der Waals surface area contributed by atoms with Gasteiger partial charge in [-0.15, -0.1) is 0 Å². The number of rotatable bonds is 5. The molecule has 0 radical (unpaired) electrons. The van der Waals surface area contributed by atoms with Crippen LogP contribution in [0.25, 0.3) is 0 Å². The fraction of sp³-hybridized carbons (Fsp3) is 0.370. The highest BCUT2D eigenvalue weighted by atomic mass is 16.4. The third-order valence-corrected chi connectivity index (χ3v) is 6.26. The largest absolute Gasteiger partial charge is 0.478 e. The summed E-state index contributed by atoms with van der Waals surface area (Å²) in [5.41, 5.74) is 4.99. The number of aryl methyl sites for hydroxylation is 1. The molecule has 1 fully saturated rings. The van der Waals surface area contributed by atoms with Crippen molar-refractivity contribution in [3.8, 4) is 0 Å². The van der Waals surface area contributed by atoms with E-state index in [9.17, 15) is 14.4 Å². The predicted molar refractivity (Wildman–Crippen MR) is 130 cm³/mol. The summed E-state index contributed by atoms with van der Waals surface area (Å²) >= 11 is 0. The van der Waals surface area contributed by atoms with E-state index in [4.69, 9.17) is 10.2 Å². The summed E-state index contributed by atoms with van der Waals surface area (Å²) in [4.78, 5) is 36.4. The van der Waals surface area contributed by atoms with E-state index >= 15 is 0 Å². The normalized spacial score (nSPS) is 16.4. The second kappa shape index (κ2) is 12.1. The maximum atomic E-state index is 12.7. The number of benzene rings is 2. The highest BCUT2D eigenvalue weighted by molar-refractivity contribution is 5.94. The third-order valence-electron chi connectivity index (χ3n) is 6.26. The summed E-state index contributed by atoms with van der Waals surface area (Å²) in [6.45, 7) is 7.24. The molecule has 180 valence electrons. The molecule has 7 heteroatoms. The van der Waals surface area contributed by atoms with Crippen LogP contribution >= 0.6 is 0 Å². The second-order valence-electron chi connectivity index (χ2n) is 8.87. The molecule has 2 N–H and O–H groups in total. The van der Waals surface area contributed by atoms with Crippen LogP contribution in [0.1, 0.15) is 39.9 Å². The van der Waals surface area contributed by atoms with Crippen LogP contribution < -0.4 is 0 Å². The Hall–Kier alpha value is -3.45. The molecule has 4 rings (SSSR count). The number of carbonyl (C=O) groups is 3. The second-order valence-corrected chi connectivity index (χ2v) is 8.87. The lowest BCUT2D eigenvalue weighted by atomic mass is 9.93. The number of nitrogens with zero attached hydrogens (tertiary/aromatic N) is 2. The maximum Gasteiger partial charge on any atom is 0.328 e. The Morgan fingerprint density at radius 1 is 0.912 bits per heavy atom. The molecule has 2 aliphatic heterocycles. The fourth-order valence-corrected chi connectivity index (χ4v) is 4.50. The van der Waals surface area contributed by atoms with E-state index < -0.39 is 11.9 Å². The Kier molecular flexibility index (Phi) is 8.99. The minimum Gasteiger partial charge on any atom is -0.478 e. The van der Waals surface area contributed by atoms with Gasteiger partial charge >= 0.3 is 11.9 Å². The molecule has 0 atom stereocenters. The van der Waals surface area contributed by atoms with E-state index in [-0.39, 0.29) is 5.91 Å². The number of piperidine rings is 1. The molecule has 1 saturated heterocycles. The topological polar surface area (TPSA) is 98.2 Å². The van der Waals surface area contributed by atoms with Crippen molar-refractivity contribution >= 4 is 17.8 Å². The molecule has 2 heterocycles. The number of carbonyl (C=O) groups excluding carboxylic acids is 1. The summed E-state index contributed by atoms with van der Waals surface area (Å²) in [7, 11) is 0. The molecule has 0 unspecified atom stereocenters. The van der Waals surface area contributed by atoms with Crippen molar-refractivity contribution in [2.24, 2.45) is 5.92 Å². The quantitative estimate of drug-likeness (QED) is 0.656. The van der Waals surface area contributed by atoms with Crippen molar-refractivity contribution in [2.75, 3.05) is 26.2 Å². The van der Waals surface area contributed by atoms with E-state index in [2.05, 4.69) is 29.2 Å². The minimum atomic E-state index is -1.26. The predicted octanol–water partition coefficient (Wildman–Crippen LogP) is 3.62. The number of carboxylic acid groups (broad SMARTS) is 2. The molecule has 34 heavy (non-hydrogen) atoms. The Balaban J connectivity index is 0.000000350. The zero-order valence-electron chi connectivity index (χ0n) is 19.5. The summed E-state index contributed by atoms with van der Waals surface area (Å²) in [6, 6.07) is 16.8. The van der Waals surface area contributed by atoms with Crippen LogP contribution in [0.2, 0.25) is 0 Å². The van der Waals surface area contributed by atoms with E-state index in [1.54, 1.807) is 0 Å². The van der Waals surface area contributed by atoms with Crippen LogP contribution in [0.5, 0.6) is 0 Å². The number of amides is 1. The molecule has 2 aromatic rings. The number of hydrogen-bond acceptors (Lipinski definition) is 4. The molecule has 0 aliphatic carbocycles. The van der Waals surface area contributed by atoms with Crippen molar-refractivity contribution in [1.82, 2.24) is 9.80 Å². The SMILES string of the molecule is Cc1cccc(C(=O)N2CCC(CN3CCc4ccccc4C3)CC2)c1.O=C(O)C=CC(=O)O. The Morgan fingerprint density at radius 3 is 2.18 bits per heavy atom. The van der Waals surface area contributed by atoms with Gasteiger partial charge in [0.2, 0.25) is 0 Å². The number of carboxylic acids is 2. The smallest absolute Gasteiger partial charge is 0.328 e. The van der Waals surface area contributed by atoms with E-state index in [0.29, 0.717) is 18.1 Å². The van der Waals surface area contributed by atoms with Crippen molar-refractivity contribution in [2.45, 2.75) is 32.7 Å². The zero-order valence-corrected chi connectivity index (χ0v) is 19.5. The zero-order chi connectivity index (χ0) is 24.5. The van der Waals surface area contributed by atoms with E-state index in [0.717, 1.165) is 43.6 Å². The molecule has 2 aromatic carbocycles. The lowest BCUT2D eigenvalue weighted by Crippen LogP contribution is -2.42. The minimum absolute atomic E-state index is 0.194. The Bertz CT molecular complexity index is 1020. The monoisotopic (exact) mass is 464 g/mol. The third kappa shape index (κ3) is 7.56. The highest BCUT2D eigenvalue weighted by Gasteiger charge is 2.26. The van der Waals surface area contributed by atoms with Crippen LogP contribution in [0.3, 0.4) is 0 Å². The first-order valence-corrected chi connectivity index (χ1v) is 11.6. The number of fused-ring (bicyclic) bond motifs is 1. The van der Waals surface area contributed by atoms with Crippen LogP contribution in [0.4, 0.5) is 0 Å². The van der Waals surface area contributed by atoms with Crippen molar-refractivity contribution in [3.05, 3.63) is 82.9 Å². The fourth-order valence-electron chi connectivity index (χ4n) is 4.50. The first-order chi connectivity index (χ1) is 16.3. The van der Waals surface area contributed by atoms with Gasteiger partial charge < -0.3 is 15.1 Å². The summed E-state index contributed by atoms with van der Waals surface area (Å²) in [5, 5.41) is 15.6. The van der Waals surface area contributed by atoms with Gasteiger partial charge in [0.15, 0.2) is 0 Å². The molecular weight excluding hydrogens is 432 g/mol. The number of aliphatic carboxylic acids is 2. The Morgan fingerprint density at radius 2 is 1.56 bits per heavy atom. The van der Waals surface area contributed by atoms with Gasteiger partial charge in [-0.3, -0.25) is 9.69 Å². The van der Waals surface area contributed by atoms with Gasteiger partial charge in [0.05, 0.1) is 0 Å². The average Bonchev–Trinajstić information content (AvgIpc) is 2.83. The van der Waals surface area contributed by atoms with Gasteiger partial charge in [-0.05, 0) is 55.4 Å². The van der Waals surface area contributed by atoms with Gasteiger partial charge in [-0.2, -0.15) is 0 Å². The number of likely N-dealkylation sites (tertiary alicyclic amines) is 1. The molecule has 2 aliphatic rings. The van der Waals surface area contributed by atoms with E-state index in [1.165, 1.54) is 30.6 Å². The van der Waals surface area contributed by atoms with Gasteiger partial charge in [-0.25, -0.2) is 9.59 Å². The van der Waals surface area contributed by atoms with Crippen molar-refractivity contribution in [1.29, 1.82) is 0 Å². The van der Waals surface area contributed by atoms with Crippen LogP contribution in [-0.4, -0.2) is 64.0 Å². The molecule has 0 aromatic heterocycles. The maximum absolute atomic E-state index is 12.7. The number of hydrogen-bond donors (Lipinski definition) is 2. The van der Waals surface area contributed by atoms with Gasteiger partial charge in [-0.1, -0.05) is 42.0 Å². The van der Waals surface area contributed by atoms with Gasteiger partial charge in [0.1, 0.15) is 0 Å². The molecule has 0 spiro atoms. The lowest BCUT2D eigenvalue weighted by Gasteiger charge is -2.36. The standard InChI is InChI=1S/C23H28N2O.C4H4O4/c1-18-5-4-8-21(15-18)23(26)25-13-9-19(10-14-25)16-24-12-11-20-6-2-3-7-22(20)17-24;5-3(6)1-2-4(7)8/h2-8,15,19H,9-14,16-17H2,1H3;1-2H,(H,5,6)(H,7,8). The molecule has 0 saturated carbocycles. The van der Waals surface area contributed by atoms with Crippen LogP contribution in [0.15, 0.2) is 60.7 Å². The highest BCUT2D eigenvalue weighted by Crippen LogP contribution is 2.24. The first-order valence-electron chi connectivity index (χ1n) is 11.6. The molecule has 0 bridgehead atoms. The molecule has 7 nitrogen and oxygen atoms in total. The summed E-state index contributed by atoms with van der Waals surface area (Å²) < 4.78 is 0. The molecule has 1 amide bonds. The van der Waals surface area contributed by atoms with Crippen molar-refractivity contribution < 1.29 is 24.6 Å². The van der Waals surface area contributed by atoms with E-state index in [1.807, 2.05) is 36.1 Å². The average molecular weight is 465 g/mol. The van der Waals surface area contributed by atoms with Gasteiger partial charge in [0, 0.05) is 50.4 Å². The van der Waals surface area contributed by atoms with Gasteiger partial charge in [0.25, 0.3) is 5.91 Å². The van der Waals surface area contributed by atoms with Crippen LogP contribution in [-0.2, 0) is 22.6 Å². The van der Waals surface area contributed by atoms with Crippen molar-refractivity contribution in [3.63, 3.8) is 0 Å².